The van der Waals surface area contributed by atoms with Crippen molar-refractivity contribution in [2.75, 3.05) is 19.7 Å². The number of carbonyl (C=O) groups excluding carboxylic acids is 1. The molecule has 16 heavy (non-hydrogen) atoms. The van der Waals surface area contributed by atoms with E-state index in [0.29, 0.717) is 12.6 Å². The highest BCUT2D eigenvalue weighted by atomic mass is 35.5. The fourth-order valence-corrected chi connectivity index (χ4v) is 1.66. The molecule has 96 valence electrons. The van der Waals surface area contributed by atoms with Crippen LogP contribution in [-0.2, 0) is 4.74 Å². The Kier molecular flexibility index (Phi) is 7.51. The fourth-order valence-electron chi connectivity index (χ4n) is 1.66. The SMILES string of the molecule is CCCCOC(=O)N1CC(C)NCC1C.Cl. The Morgan fingerprint density at radius 2 is 2.19 bits per heavy atom. The van der Waals surface area contributed by atoms with Gasteiger partial charge >= 0.3 is 6.09 Å². The van der Waals surface area contributed by atoms with Gasteiger partial charge in [0.2, 0.25) is 0 Å². The molecule has 0 aliphatic carbocycles. The molecular formula is C11H23ClN2O2. The zero-order valence-corrected chi connectivity index (χ0v) is 11.2. The second-order valence-corrected chi connectivity index (χ2v) is 4.28. The van der Waals surface area contributed by atoms with Crippen LogP contribution in [0.4, 0.5) is 4.79 Å². The molecule has 2 atom stereocenters. The fraction of sp³-hybridized carbons (Fsp3) is 0.909. The van der Waals surface area contributed by atoms with Gasteiger partial charge in [0.25, 0.3) is 0 Å². The van der Waals surface area contributed by atoms with Crippen molar-refractivity contribution in [1.82, 2.24) is 10.2 Å². The maximum absolute atomic E-state index is 11.7. The van der Waals surface area contributed by atoms with Crippen LogP contribution in [0.15, 0.2) is 0 Å². The summed E-state index contributed by atoms with van der Waals surface area (Å²) in [5, 5.41) is 3.33. The van der Waals surface area contributed by atoms with Gasteiger partial charge in [-0.25, -0.2) is 4.79 Å². The van der Waals surface area contributed by atoms with Gasteiger partial charge in [0.15, 0.2) is 0 Å². The highest BCUT2D eigenvalue weighted by Crippen LogP contribution is 2.08. The largest absolute Gasteiger partial charge is 0.449 e. The molecular weight excluding hydrogens is 228 g/mol. The molecule has 5 heteroatoms. The van der Waals surface area contributed by atoms with Gasteiger partial charge in [0.1, 0.15) is 0 Å². The number of piperazine rings is 1. The second kappa shape index (κ2) is 7.74. The highest BCUT2D eigenvalue weighted by Gasteiger charge is 2.27. The third kappa shape index (κ3) is 4.58. The van der Waals surface area contributed by atoms with Crippen LogP contribution in [0, 0.1) is 0 Å². The summed E-state index contributed by atoms with van der Waals surface area (Å²) in [5.41, 5.74) is 0. The van der Waals surface area contributed by atoms with Crippen LogP contribution >= 0.6 is 12.4 Å². The maximum Gasteiger partial charge on any atom is 0.410 e. The number of nitrogens with one attached hydrogen (secondary N) is 1. The Bertz CT molecular complexity index is 214. The van der Waals surface area contributed by atoms with E-state index in [1.807, 2.05) is 11.8 Å². The van der Waals surface area contributed by atoms with Crippen LogP contribution in [0.1, 0.15) is 33.6 Å². The van der Waals surface area contributed by atoms with Crippen molar-refractivity contribution >= 4 is 18.5 Å². The van der Waals surface area contributed by atoms with Gasteiger partial charge in [0.05, 0.1) is 6.61 Å². The van der Waals surface area contributed by atoms with E-state index in [-0.39, 0.29) is 24.5 Å². The van der Waals surface area contributed by atoms with Gasteiger partial charge in [0, 0.05) is 25.2 Å². The lowest BCUT2D eigenvalue weighted by atomic mass is 10.1. The van der Waals surface area contributed by atoms with Gasteiger partial charge in [-0.15, -0.1) is 12.4 Å². The summed E-state index contributed by atoms with van der Waals surface area (Å²) in [4.78, 5) is 13.5. The Morgan fingerprint density at radius 1 is 1.50 bits per heavy atom. The van der Waals surface area contributed by atoms with Crippen molar-refractivity contribution in [3.8, 4) is 0 Å². The summed E-state index contributed by atoms with van der Waals surface area (Å²) in [6.07, 6.45) is 1.84. The predicted octanol–water partition coefficient (Wildman–Crippen LogP) is 2.03. The molecule has 1 rings (SSSR count). The van der Waals surface area contributed by atoms with Gasteiger partial charge in [-0.05, 0) is 20.3 Å². The first-order chi connectivity index (χ1) is 7.15. The van der Waals surface area contributed by atoms with Gasteiger partial charge in [-0.3, -0.25) is 0 Å². The van der Waals surface area contributed by atoms with Crippen molar-refractivity contribution < 1.29 is 9.53 Å². The monoisotopic (exact) mass is 250 g/mol. The van der Waals surface area contributed by atoms with Crippen molar-refractivity contribution in [1.29, 1.82) is 0 Å². The Labute approximate surface area is 104 Å². The van der Waals surface area contributed by atoms with E-state index in [1.54, 1.807) is 0 Å². The maximum atomic E-state index is 11.7. The number of carbonyl (C=O) groups is 1. The highest BCUT2D eigenvalue weighted by molar-refractivity contribution is 5.85. The molecule has 4 nitrogen and oxygen atoms in total. The molecule has 0 aromatic rings. The zero-order valence-electron chi connectivity index (χ0n) is 10.4. The predicted molar refractivity (Wildman–Crippen MR) is 67.1 cm³/mol. The van der Waals surface area contributed by atoms with E-state index < -0.39 is 0 Å². The normalized spacial score (nSPS) is 24.8. The smallest absolute Gasteiger partial charge is 0.410 e. The Morgan fingerprint density at radius 3 is 2.81 bits per heavy atom. The van der Waals surface area contributed by atoms with Crippen molar-refractivity contribution in [2.24, 2.45) is 0 Å². The lowest BCUT2D eigenvalue weighted by molar-refractivity contribution is 0.0727. The third-order valence-electron chi connectivity index (χ3n) is 2.72. The summed E-state index contributed by atoms with van der Waals surface area (Å²) in [7, 11) is 0. The van der Waals surface area contributed by atoms with Crippen LogP contribution < -0.4 is 5.32 Å². The number of amides is 1. The van der Waals surface area contributed by atoms with Crippen LogP contribution in [0.5, 0.6) is 0 Å². The van der Waals surface area contributed by atoms with Crippen LogP contribution in [-0.4, -0.2) is 42.8 Å². The molecule has 1 aliphatic heterocycles. The molecule has 2 unspecified atom stereocenters. The van der Waals surface area contributed by atoms with E-state index >= 15 is 0 Å². The lowest BCUT2D eigenvalue weighted by Gasteiger charge is -2.36. The Hall–Kier alpha value is -0.480. The number of hydrogen-bond donors (Lipinski definition) is 1. The number of ether oxygens (including phenoxy) is 1. The average Bonchev–Trinajstić information content (AvgIpc) is 2.22. The third-order valence-corrected chi connectivity index (χ3v) is 2.72. The molecule has 0 saturated carbocycles. The minimum absolute atomic E-state index is 0. The summed E-state index contributed by atoms with van der Waals surface area (Å²) in [5.74, 6) is 0. The zero-order chi connectivity index (χ0) is 11.3. The van der Waals surface area contributed by atoms with Gasteiger partial charge < -0.3 is 15.0 Å². The summed E-state index contributed by atoms with van der Waals surface area (Å²) in [6, 6.07) is 0.593. The Balaban J connectivity index is 0.00000225. The number of hydrogen-bond acceptors (Lipinski definition) is 3. The molecule has 0 aromatic carbocycles. The first-order valence-electron chi connectivity index (χ1n) is 5.82. The molecule has 1 heterocycles. The summed E-state index contributed by atoms with van der Waals surface area (Å²) in [6.45, 7) is 8.35. The number of unbranched alkanes of at least 4 members (excludes halogenated alkanes) is 1. The topological polar surface area (TPSA) is 41.6 Å². The van der Waals surface area contributed by atoms with Crippen LogP contribution in [0.2, 0.25) is 0 Å². The van der Waals surface area contributed by atoms with Crippen molar-refractivity contribution in [3.05, 3.63) is 0 Å². The van der Waals surface area contributed by atoms with Crippen molar-refractivity contribution in [3.63, 3.8) is 0 Å². The van der Waals surface area contributed by atoms with E-state index in [9.17, 15) is 4.79 Å². The molecule has 0 bridgehead atoms. The van der Waals surface area contributed by atoms with Gasteiger partial charge in [-0.1, -0.05) is 13.3 Å². The van der Waals surface area contributed by atoms with E-state index in [4.69, 9.17) is 4.74 Å². The van der Waals surface area contributed by atoms with E-state index in [1.165, 1.54) is 0 Å². The van der Waals surface area contributed by atoms with E-state index in [0.717, 1.165) is 25.9 Å². The standard InChI is InChI=1S/C11H22N2O2.ClH/c1-4-5-6-15-11(14)13-8-9(2)12-7-10(13)3;/h9-10,12H,4-8H2,1-3H3;1H. The molecule has 0 aromatic heterocycles. The van der Waals surface area contributed by atoms with E-state index in [2.05, 4.69) is 19.2 Å². The van der Waals surface area contributed by atoms with Crippen LogP contribution in [0.3, 0.4) is 0 Å². The molecule has 1 fully saturated rings. The van der Waals surface area contributed by atoms with Crippen LogP contribution in [0.25, 0.3) is 0 Å². The first kappa shape index (κ1) is 15.5. The molecule has 1 N–H and O–H groups in total. The molecule has 1 aliphatic rings. The number of rotatable bonds is 3. The molecule has 1 amide bonds. The molecule has 1 saturated heterocycles. The van der Waals surface area contributed by atoms with Crippen molar-refractivity contribution in [2.45, 2.75) is 45.7 Å². The average molecular weight is 251 g/mol. The second-order valence-electron chi connectivity index (χ2n) is 4.28. The molecule has 0 radical (unpaired) electrons. The lowest BCUT2D eigenvalue weighted by Crippen LogP contribution is -2.56. The number of halogens is 1. The quantitative estimate of drug-likeness (QED) is 0.780. The number of nitrogens with zero attached hydrogens (tertiary/aromatic N) is 1. The van der Waals surface area contributed by atoms with Gasteiger partial charge in [-0.2, -0.15) is 0 Å². The first-order valence-corrected chi connectivity index (χ1v) is 5.82. The minimum Gasteiger partial charge on any atom is -0.449 e. The summed E-state index contributed by atoms with van der Waals surface area (Å²) >= 11 is 0. The molecule has 0 spiro atoms. The summed E-state index contributed by atoms with van der Waals surface area (Å²) < 4.78 is 5.20. The minimum atomic E-state index is -0.163.